The normalized spacial score (nSPS) is 11.0. The summed E-state index contributed by atoms with van der Waals surface area (Å²) in [5, 5.41) is 3.86. The lowest BCUT2D eigenvalue weighted by Crippen LogP contribution is -2.23. The van der Waals surface area contributed by atoms with Crippen LogP contribution in [0.3, 0.4) is 0 Å². The van der Waals surface area contributed by atoms with Gasteiger partial charge in [0.25, 0.3) is 5.56 Å². The molecule has 5 rings (SSSR count). The number of aryl methyl sites for hydroxylation is 1. The molecule has 2 aromatic heterocycles. The third-order valence-corrected chi connectivity index (χ3v) is 5.83. The molecule has 0 fully saturated rings. The molecular formula is C24H18N4O3S. The van der Waals surface area contributed by atoms with Crippen molar-refractivity contribution in [1.82, 2.24) is 14.5 Å². The lowest BCUT2D eigenvalue weighted by atomic mass is 10.2. The first-order valence-electron chi connectivity index (χ1n) is 10.0. The van der Waals surface area contributed by atoms with Gasteiger partial charge in [0.15, 0.2) is 5.13 Å². The highest BCUT2D eigenvalue weighted by molar-refractivity contribution is 7.22. The minimum absolute atomic E-state index is 0.137. The molecule has 32 heavy (non-hydrogen) atoms. The number of fused-ring (bicyclic) bond motifs is 2. The van der Waals surface area contributed by atoms with Crippen LogP contribution in [0.2, 0.25) is 0 Å². The molecule has 0 spiro atoms. The summed E-state index contributed by atoms with van der Waals surface area (Å²) in [6, 6.07) is 22.3. The Morgan fingerprint density at radius 1 is 0.969 bits per heavy atom. The van der Waals surface area contributed by atoms with Crippen molar-refractivity contribution in [3.8, 4) is 11.5 Å². The van der Waals surface area contributed by atoms with Crippen LogP contribution in [0.4, 0.5) is 5.13 Å². The van der Waals surface area contributed by atoms with Crippen molar-refractivity contribution in [2.45, 2.75) is 13.0 Å². The molecule has 0 aliphatic carbocycles. The average molecular weight is 443 g/mol. The van der Waals surface area contributed by atoms with E-state index in [-0.39, 0.29) is 24.4 Å². The van der Waals surface area contributed by atoms with Crippen molar-refractivity contribution in [2.75, 3.05) is 5.32 Å². The quantitative estimate of drug-likeness (QED) is 0.407. The number of anilines is 1. The Kier molecular flexibility index (Phi) is 5.35. The fourth-order valence-corrected chi connectivity index (χ4v) is 4.23. The second kappa shape index (κ2) is 8.60. The first-order valence-corrected chi connectivity index (χ1v) is 10.8. The summed E-state index contributed by atoms with van der Waals surface area (Å²) in [5.74, 6) is 1.24. The maximum absolute atomic E-state index is 12.5. The van der Waals surface area contributed by atoms with Crippen LogP contribution in [0.15, 0.2) is 83.9 Å². The van der Waals surface area contributed by atoms with Crippen molar-refractivity contribution in [2.24, 2.45) is 0 Å². The van der Waals surface area contributed by atoms with Crippen molar-refractivity contribution in [3.05, 3.63) is 89.5 Å². The second-order valence-corrected chi connectivity index (χ2v) is 8.15. The summed E-state index contributed by atoms with van der Waals surface area (Å²) < 4.78 is 8.22. The van der Waals surface area contributed by atoms with Crippen LogP contribution in [0.25, 0.3) is 21.1 Å². The van der Waals surface area contributed by atoms with E-state index < -0.39 is 0 Å². The minimum Gasteiger partial charge on any atom is -0.457 e. The zero-order valence-electron chi connectivity index (χ0n) is 16.9. The monoisotopic (exact) mass is 442 g/mol. The van der Waals surface area contributed by atoms with Crippen LogP contribution in [-0.4, -0.2) is 20.4 Å². The Hall–Kier alpha value is -4.04. The topological polar surface area (TPSA) is 86.1 Å². The smallest absolute Gasteiger partial charge is 0.261 e. The molecule has 0 unspecified atom stereocenters. The van der Waals surface area contributed by atoms with E-state index in [0.717, 1.165) is 16.0 Å². The summed E-state index contributed by atoms with van der Waals surface area (Å²) in [5.41, 5.74) is 1.26. The fraction of sp³-hybridized carbons (Fsp3) is 0.0833. The van der Waals surface area contributed by atoms with Gasteiger partial charge in [-0.3, -0.25) is 14.2 Å². The van der Waals surface area contributed by atoms with Crippen LogP contribution in [0, 0.1) is 0 Å². The number of carbonyl (C=O) groups excluding carboxylic acids is 1. The van der Waals surface area contributed by atoms with Crippen LogP contribution >= 0.6 is 11.3 Å². The SMILES string of the molecule is O=C(CCn1cnc2ccccc2c1=O)Nc1nc2ccc(Oc3ccccc3)cc2s1. The number of aromatic nitrogens is 3. The largest absolute Gasteiger partial charge is 0.457 e. The molecule has 0 atom stereocenters. The van der Waals surface area contributed by atoms with Gasteiger partial charge in [-0.05, 0) is 36.4 Å². The molecule has 158 valence electrons. The molecule has 0 bridgehead atoms. The Labute approximate surface area is 186 Å². The second-order valence-electron chi connectivity index (χ2n) is 7.12. The zero-order valence-corrected chi connectivity index (χ0v) is 17.7. The van der Waals surface area contributed by atoms with Crippen LogP contribution in [0.5, 0.6) is 11.5 Å². The Morgan fingerprint density at radius 2 is 1.78 bits per heavy atom. The highest BCUT2D eigenvalue weighted by Gasteiger charge is 2.11. The number of ether oxygens (including phenoxy) is 1. The summed E-state index contributed by atoms with van der Waals surface area (Å²) >= 11 is 1.37. The molecule has 5 aromatic rings. The molecule has 1 N–H and O–H groups in total. The lowest BCUT2D eigenvalue weighted by molar-refractivity contribution is -0.116. The van der Waals surface area contributed by atoms with Crippen LogP contribution < -0.4 is 15.6 Å². The van der Waals surface area contributed by atoms with Crippen LogP contribution in [-0.2, 0) is 11.3 Å². The van der Waals surface area contributed by atoms with Gasteiger partial charge in [0.2, 0.25) is 5.91 Å². The number of carbonyl (C=O) groups is 1. The molecule has 0 aliphatic rings. The number of nitrogens with zero attached hydrogens (tertiary/aromatic N) is 3. The van der Waals surface area contributed by atoms with E-state index in [9.17, 15) is 9.59 Å². The number of hydrogen-bond acceptors (Lipinski definition) is 6. The molecule has 8 heteroatoms. The molecule has 0 saturated heterocycles. The number of thiazole rings is 1. The van der Waals surface area contributed by atoms with E-state index in [0.29, 0.717) is 21.8 Å². The number of nitrogens with one attached hydrogen (secondary N) is 1. The van der Waals surface area contributed by atoms with Gasteiger partial charge in [0, 0.05) is 19.0 Å². The summed E-state index contributed by atoms with van der Waals surface area (Å²) in [7, 11) is 0. The van der Waals surface area contributed by atoms with Crippen molar-refractivity contribution >= 4 is 43.5 Å². The molecule has 3 aromatic carbocycles. The van der Waals surface area contributed by atoms with Crippen molar-refractivity contribution in [3.63, 3.8) is 0 Å². The van der Waals surface area contributed by atoms with E-state index in [1.165, 1.54) is 22.2 Å². The van der Waals surface area contributed by atoms with Gasteiger partial charge < -0.3 is 10.1 Å². The molecule has 0 radical (unpaired) electrons. The summed E-state index contributed by atoms with van der Waals surface area (Å²) in [4.78, 5) is 33.7. The number of benzene rings is 3. The maximum Gasteiger partial charge on any atom is 0.261 e. The van der Waals surface area contributed by atoms with Gasteiger partial charge in [0.1, 0.15) is 11.5 Å². The third kappa shape index (κ3) is 4.21. The Balaban J connectivity index is 1.25. The minimum atomic E-state index is -0.218. The van der Waals surface area contributed by atoms with Crippen LogP contribution in [0.1, 0.15) is 6.42 Å². The first-order chi connectivity index (χ1) is 15.7. The highest BCUT2D eigenvalue weighted by Crippen LogP contribution is 2.31. The number of amides is 1. The van der Waals surface area contributed by atoms with E-state index >= 15 is 0 Å². The number of para-hydroxylation sites is 2. The first kappa shape index (κ1) is 19.9. The van der Waals surface area contributed by atoms with Gasteiger partial charge in [-0.1, -0.05) is 41.7 Å². The highest BCUT2D eigenvalue weighted by atomic mass is 32.1. The summed E-state index contributed by atoms with van der Waals surface area (Å²) in [6.45, 7) is 0.239. The van der Waals surface area contributed by atoms with Crippen molar-refractivity contribution in [1.29, 1.82) is 0 Å². The molecule has 2 heterocycles. The van der Waals surface area contributed by atoms with E-state index in [1.54, 1.807) is 18.2 Å². The molecule has 7 nitrogen and oxygen atoms in total. The van der Waals surface area contributed by atoms with Crippen molar-refractivity contribution < 1.29 is 9.53 Å². The maximum atomic E-state index is 12.5. The molecule has 1 amide bonds. The van der Waals surface area contributed by atoms with Gasteiger partial charge in [-0.15, -0.1) is 0 Å². The molecule has 0 aliphatic heterocycles. The van der Waals surface area contributed by atoms with E-state index in [2.05, 4.69) is 15.3 Å². The molecule has 0 saturated carbocycles. The van der Waals surface area contributed by atoms with Gasteiger partial charge in [-0.2, -0.15) is 0 Å². The third-order valence-electron chi connectivity index (χ3n) is 4.90. The fourth-order valence-electron chi connectivity index (χ4n) is 3.32. The van der Waals surface area contributed by atoms with Gasteiger partial charge >= 0.3 is 0 Å². The Morgan fingerprint density at radius 3 is 2.66 bits per heavy atom. The number of rotatable bonds is 6. The van der Waals surface area contributed by atoms with Gasteiger partial charge in [0.05, 0.1) is 27.4 Å². The van der Waals surface area contributed by atoms with E-state index in [1.807, 2.05) is 54.6 Å². The standard InChI is InChI=1S/C24H18N4O3S/c29-22(12-13-28-15-25-19-9-5-4-8-18(19)23(28)30)27-24-26-20-11-10-17(14-21(20)32-24)31-16-6-2-1-3-7-16/h1-11,14-15H,12-13H2,(H,26,27,29). The molecular weight excluding hydrogens is 424 g/mol. The average Bonchev–Trinajstić information content (AvgIpc) is 3.21. The lowest BCUT2D eigenvalue weighted by Gasteiger charge is -2.06. The summed E-state index contributed by atoms with van der Waals surface area (Å²) in [6.07, 6.45) is 1.61. The van der Waals surface area contributed by atoms with E-state index in [4.69, 9.17) is 4.74 Å². The van der Waals surface area contributed by atoms with Gasteiger partial charge in [-0.25, -0.2) is 9.97 Å². The predicted octanol–water partition coefficient (Wildman–Crippen LogP) is 4.83. The zero-order chi connectivity index (χ0) is 21.9. The predicted molar refractivity (Wildman–Crippen MR) is 125 cm³/mol. The Bertz CT molecular complexity index is 1480. The number of hydrogen-bond donors (Lipinski definition) is 1.